The van der Waals surface area contributed by atoms with E-state index in [9.17, 15) is 5.21 Å². The van der Waals surface area contributed by atoms with Gasteiger partial charge in [0.05, 0.1) is 0 Å². The summed E-state index contributed by atoms with van der Waals surface area (Å²) in [7, 11) is 0. The predicted octanol–water partition coefficient (Wildman–Crippen LogP) is 2.15. The smallest absolute Gasteiger partial charge is 0.295 e. The third kappa shape index (κ3) is 1.49. The Balaban J connectivity index is 3.46. The SMILES string of the molecule is Cc1[c][n+]([O-])c(Cl)c(C)c1Br. The van der Waals surface area contributed by atoms with Crippen LogP contribution in [-0.4, -0.2) is 0 Å². The molecule has 1 aromatic rings. The van der Waals surface area contributed by atoms with E-state index in [0.29, 0.717) is 4.73 Å². The summed E-state index contributed by atoms with van der Waals surface area (Å²) >= 11 is 8.94. The molecule has 0 spiro atoms. The molecular weight excluding hydrogens is 229 g/mol. The van der Waals surface area contributed by atoms with E-state index in [-0.39, 0.29) is 5.15 Å². The van der Waals surface area contributed by atoms with E-state index in [4.69, 9.17) is 11.6 Å². The molecule has 0 aliphatic heterocycles. The minimum absolute atomic E-state index is 0.169. The maximum atomic E-state index is 10.9. The van der Waals surface area contributed by atoms with Crippen LogP contribution in [0.15, 0.2) is 4.47 Å². The summed E-state index contributed by atoms with van der Waals surface area (Å²) in [6.07, 6.45) is 2.53. The lowest BCUT2D eigenvalue weighted by Crippen LogP contribution is -2.29. The summed E-state index contributed by atoms with van der Waals surface area (Å²) in [6.45, 7) is 3.57. The fourth-order valence-corrected chi connectivity index (χ4v) is 1.30. The molecule has 0 atom stereocenters. The van der Waals surface area contributed by atoms with Gasteiger partial charge in [-0.15, -0.1) is 4.73 Å². The van der Waals surface area contributed by atoms with Crippen LogP contribution in [0.3, 0.4) is 0 Å². The van der Waals surface area contributed by atoms with Gasteiger partial charge < -0.3 is 5.21 Å². The molecule has 1 rings (SSSR count). The largest absolute Gasteiger partial charge is 0.617 e. The van der Waals surface area contributed by atoms with Gasteiger partial charge in [-0.25, -0.2) is 0 Å². The van der Waals surface area contributed by atoms with Crippen LogP contribution >= 0.6 is 27.5 Å². The maximum absolute atomic E-state index is 10.9. The van der Waals surface area contributed by atoms with Crippen molar-refractivity contribution in [1.82, 2.24) is 0 Å². The maximum Gasteiger partial charge on any atom is 0.295 e. The van der Waals surface area contributed by atoms with Crippen LogP contribution in [0.2, 0.25) is 5.15 Å². The number of halogens is 2. The third-order valence-electron chi connectivity index (χ3n) is 1.42. The Morgan fingerprint density at radius 2 is 2.09 bits per heavy atom. The summed E-state index contributed by atoms with van der Waals surface area (Å²) in [5, 5.41) is 11.1. The zero-order chi connectivity index (χ0) is 8.59. The molecule has 0 unspecified atom stereocenters. The molecule has 4 heteroatoms. The average molecular weight is 235 g/mol. The second-order valence-electron chi connectivity index (χ2n) is 2.26. The van der Waals surface area contributed by atoms with Crippen molar-refractivity contribution in [3.63, 3.8) is 0 Å². The number of aromatic nitrogens is 1. The van der Waals surface area contributed by atoms with Crippen LogP contribution in [0.25, 0.3) is 0 Å². The standard InChI is InChI=1S/C7H6BrClNO/c1-4-3-10(11)7(9)5(2)6(4)8/h1-2H3. The van der Waals surface area contributed by atoms with Crippen LogP contribution in [0.4, 0.5) is 0 Å². The third-order valence-corrected chi connectivity index (χ3v) is 3.04. The van der Waals surface area contributed by atoms with Gasteiger partial charge in [-0.3, -0.25) is 0 Å². The molecule has 0 bridgehead atoms. The summed E-state index contributed by atoms with van der Waals surface area (Å²) in [4.78, 5) is 0. The Morgan fingerprint density at radius 3 is 2.64 bits per heavy atom. The van der Waals surface area contributed by atoms with Gasteiger partial charge in [-0.2, -0.15) is 0 Å². The van der Waals surface area contributed by atoms with Crippen molar-refractivity contribution in [2.24, 2.45) is 0 Å². The average Bonchev–Trinajstić information content (AvgIpc) is 1.97. The second kappa shape index (κ2) is 2.99. The van der Waals surface area contributed by atoms with Crippen LogP contribution in [0, 0.1) is 25.3 Å². The number of rotatable bonds is 0. The topological polar surface area (TPSA) is 26.9 Å². The summed E-state index contributed by atoms with van der Waals surface area (Å²) in [6, 6.07) is 0. The molecule has 2 nitrogen and oxygen atoms in total. The lowest BCUT2D eigenvalue weighted by Gasteiger charge is -2.03. The van der Waals surface area contributed by atoms with Crippen molar-refractivity contribution in [3.8, 4) is 0 Å². The van der Waals surface area contributed by atoms with E-state index in [0.717, 1.165) is 15.6 Å². The monoisotopic (exact) mass is 234 g/mol. The lowest BCUT2D eigenvalue weighted by molar-refractivity contribution is -0.608. The van der Waals surface area contributed by atoms with Gasteiger partial charge in [-0.05, 0) is 41.4 Å². The van der Waals surface area contributed by atoms with Crippen LogP contribution in [-0.2, 0) is 0 Å². The van der Waals surface area contributed by atoms with Gasteiger partial charge in [0.1, 0.15) is 0 Å². The molecular formula is C7H6BrClNO. The fraction of sp³-hybridized carbons (Fsp3) is 0.286. The Morgan fingerprint density at radius 1 is 1.55 bits per heavy atom. The van der Waals surface area contributed by atoms with Crippen molar-refractivity contribution in [3.05, 3.63) is 32.2 Å². The van der Waals surface area contributed by atoms with Gasteiger partial charge >= 0.3 is 0 Å². The highest BCUT2D eigenvalue weighted by Gasteiger charge is 2.13. The van der Waals surface area contributed by atoms with Crippen molar-refractivity contribution >= 4 is 27.5 Å². The zero-order valence-corrected chi connectivity index (χ0v) is 8.45. The highest BCUT2D eigenvalue weighted by Crippen LogP contribution is 2.23. The molecule has 0 aliphatic carbocycles. The molecule has 1 aromatic heterocycles. The van der Waals surface area contributed by atoms with Gasteiger partial charge in [0.2, 0.25) is 0 Å². The number of nitrogens with zero attached hydrogens (tertiary/aromatic N) is 1. The van der Waals surface area contributed by atoms with Gasteiger partial charge in [0, 0.05) is 15.6 Å². The predicted molar refractivity (Wildman–Crippen MR) is 46.4 cm³/mol. The Labute approximate surface area is 78.5 Å². The molecule has 0 aliphatic rings. The Hall–Kier alpha value is -0.280. The first-order valence-corrected chi connectivity index (χ1v) is 4.18. The van der Waals surface area contributed by atoms with Crippen molar-refractivity contribution < 1.29 is 4.73 Å². The van der Waals surface area contributed by atoms with Crippen LogP contribution in [0.5, 0.6) is 0 Å². The van der Waals surface area contributed by atoms with E-state index in [1.807, 2.05) is 0 Å². The van der Waals surface area contributed by atoms with E-state index in [1.54, 1.807) is 13.8 Å². The van der Waals surface area contributed by atoms with Gasteiger partial charge in [0.25, 0.3) is 11.3 Å². The first-order valence-electron chi connectivity index (χ1n) is 3.01. The molecule has 1 radical (unpaired) electrons. The quantitative estimate of drug-likeness (QED) is 0.384. The molecule has 59 valence electrons. The second-order valence-corrected chi connectivity index (χ2v) is 3.41. The van der Waals surface area contributed by atoms with Gasteiger partial charge in [-0.1, -0.05) is 0 Å². The highest BCUT2D eigenvalue weighted by molar-refractivity contribution is 9.10. The normalized spacial score (nSPS) is 10.2. The Kier molecular flexibility index (Phi) is 2.40. The van der Waals surface area contributed by atoms with E-state index < -0.39 is 0 Å². The molecule has 0 N–H and O–H groups in total. The van der Waals surface area contributed by atoms with Crippen molar-refractivity contribution in [2.75, 3.05) is 0 Å². The van der Waals surface area contributed by atoms with Gasteiger partial charge in [0.15, 0.2) is 0 Å². The zero-order valence-electron chi connectivity index (χ0n) is 6.11. The van der Waals surface area contributed by atoms with E-state index >= 15 is 0 Å². The summed E-state index contributed by atoms with van der Waals surface area (Å²) in [5.74, 6) is 0. The minimum Gasteiger partial charge on any atom is -0.617 e. The first kappa shape index (κ1) is 8.81. The van der Waals surface area contributed by atoms with Crippen LogP contribution in [0.1, 0.15) is 11.1 Å². The minimum atomic E-state index is 0.169. The first-order chi connectivity index (χ1) is 5.04. The van der Waals surface area contributed by atoms with E-state index in [2.05, 4.69) is 22.1 Å². The molecule has 1 heterocycles. The Bertz CT molecular complexity index is 275. The van der Waals surface area contributed by atoms with Crippen molar-refractivity contribution in [1.29, 1.82) is 0 Å². The molecule has 0 saturated carbocycles. The number of hydrogen-bond donors (Lipinski definition) is 0. The van der Waals surface area contributed by atoms with Crippen LogP contribution < -0.4 is 4.73 Å². The summed E-state index contributed by atoms with van der Waals surface area (Å²) in [5.41, 5.74) is 1.51. The summed E-state index contributed by atoms with van der Waals surface area (Å²) < 4.78 is 1.38. The molecule has 0 fully saturated rings. The molecule has 11 heavy (non-hydrogen) atoms. The fourth-order valence-electron chi connectivity index (χ4n) is 0.775. The lowest BCUT2D eigenvalue weighted by atomic mass is 10.2. The molecule has 0 saturated heterocycles. The highest BCUT2D eigenvalue weighted by atomic mass is 79.9. The number of pyridine rings is 1. The number of hydrogen-bond acceptors (Lipinski definition) is 1. The number of aryl methyl sites for hydroxylation is 1. The molecule has 0 aromatic carbocycles. The van der Waals surface area contributed by atoms with E-state index in [1.165, 1.54) is 0 Å². The molecule has 0 amide bonds. The van der Waals surface area contributed by atoms with Crippen molar-refractivity contribution in [2.45, 2.75) is 13.8 Å².